The molecule has 0 heterocycles. The number of hydrogen-bond acceptors (Lipinski definition) is 4. The number of sulfonamides is 1. The van der Waals surface area contributed by atoms with Crippen LogP contribution in [-0.2, 0) is 10.0 Å². The molecule has 0 fully saturated rings. The average Bonchev–Trinajstić information content (AvgIpc) is 2.56. The summed E-state index contributed by atoms with van der Waals surface area (Å²) in [7, 11) is -3.71. The molecule has 118 valence electrons. The van der Waals surface area contributed by atoms with Crippen molar-refractivity contribution in [3.8, 4) is 6.07 Å². The van der Waals surface area contributed by atoms with Gasteiger partial charge in [-0.25, -0.2) is 0 Å². The van der Waals surface area contributed by atoms with Gasteiger partial charge in [-0.15, -0.1) is 0 Å². The summed E-state index contributed by atoms with van der Waals surface area (Å²) in [5.74, 6) is 0. The van der Waals surface area contributed by atoms with Crippen molar-refractivity contribution >= 4 is 15.7 Å². The summed E-state index contributed by atoms with van der Waals surface area (Å²) in [4.78, 5) is 2.42. The van der Waals surface area contributed by atoms with Gasteiger partial charge in [0.15, 0.2) is 0 Å². The smallest absolute Gasteiger partial charge is 0.200 e. The lowest BCUT2D eigenvalue weighted by atomic mass is 10.1. The van der Waals surface area contributed by atoms with E-state index in [9.17, 15) is 8.42 Å². The molecule has 0 aliphatic heterocycles. The molecule has 0 saturated carbocycles. The maximum atomic E-state index is 12.2. The molecule has 2 aromatic rings. The maximum Gasteiger partial charge on any atom is 0.276 e. The van der Waals surface area contributed by atoms with Crippen LogP contribution in [-0.4, -0.2) is 14.1 Å². The Bertz CT molecular complexity index is 863. The van der Waals surface area contributed by atoms with Gasteiger partial charge in [0.2, 0.25) is 0 Å². The average molecular weight is 327 g/mol. The quantitative estimate of drug-likeness (QED) is 0.677. The molecule has 0 aliphatic rings. The van der Waals surface area contributed by atoms with Gasteiger partial charge < -0.3 is 0 Å². The third kappa shape index (κ3) is 4.18. The molecule has 0 amide bonds. The van der Waals surface area contributed by atoms with Gasteiger partial charge in [-0.2, -0.15) is 23.6 Å². The molecule has 0 radical (unpaired) electrons. The Hall–Kier alpha value is -2.65. The summed E-state index contributed by atoms with van der Waals surface area (Å²) in [6.45, 7) is 3.76. The van der Waals surface area contributed by atoms with Crippen LogP contribution in [0.15, 0.2) is 58.5 Å². The van der Waals surface area contributed by atoms with Crippen LogP contribution in [0.2, 0.25) is 0 Å². The standard InChI is InChI=1S/C17H17N3O2S/c1-3-17(15-6-4-5-14(11-15)12-18)19-20-23(21,22)16-9-7-13(2)8-10-16/h4-11,20H,3H2,1-2H3/b19-17-. The Morgan fingerprint density at radius 3 is 2.52 bits per heavy atom. The maximum absolute atomic E-state index is 12.2. The highest BCUT2D eigenvalue weighted by molar-refractivity contribution is 7.89. The van der Waals surface area contributed by atoms with Crippen molar-refractivity contribution in [2.75, 3.05) is 0 Å². The van der Waals surface area contributed by atoms with Crippen molar-refractivity contribution in [3.05, 3.63) is 65.2 Å². The molecule has 0 aliphatic carbocycles. The zero-order valence-corrected chi connectivity index (χ0v) is 13.8. The molecule has 23 heavy (non-hydrogen) atoms. The SMILES string of the molecule is CC/C(=N/NS(=O)(=O)c1ccc(C)cc1)c1cccc(C#N)c1. The lowest BCUT2D eigenvalue weighted by Gasteiger charge is -2.07. The third-order valence-corrected chi connectivity index (χ3v) is 4.52. The molecule has 0 saturated heterocycles. The molecule has 0 bridgehead atoms. The fourth-order valence-electron chi connectivity index (χ4n) is 2.00. The molecular formula is C17H17N3O2S. The van der Waals surface area contributed by atoms with Crippen molar-refractivity contribution in [1.82, 2.24) is 4.83 Å². The van der Waals surface area contributed by atoms with Gasteiger partial charge in [0, 0.05) is 0 Å². The van der Waals surface area contributed by atoms with E-state index in [1.807, 2.05) is 13.8 Å². The largest absolute Gasteiger partial charge is 0.276 e. The predicted octanol–water partition coefficient (Wildman–Crippen LogP) is 2.96. The van der Waals surface area contributed by atoms with Crippen LogP contribution >= 0.6 is 0 Å². The van der Waals surface area contributed by atoms with Crippen LogP contribution in [0.1, 0.15) is 30.0 Å². The zero-order chi connectivity index (χ0) is 16.9. The number of hydrogen-bond donors (Lipinski definition) is 1. The highest BCUT2D eigenvalue weighted by Gasteiger charge is 2.13. The second-order valence-corrected chi connectivity index (χ2v) is 6.67. The first-order chi connectivity index (χ1) is 11.0. The number of rotatable bonds is 5. The van der Waals surface area contributed by atoms with Crippen molar-refractivity contribution in [2.45, 2.75) is 25.2 Å². The summed E-state index contributed by atoms with van der Waals surface area (Å²) in [5.41, 5.74) is 2.77. The zero-order valence-electron chi connectivity index (χ0n) is 12.9. The summed E-state index contributed by atoms with van der Waals surface area (Å²) in [6.07, 6.45) is 0.533. The topological polar surface area (TPSA) is 82.3 Å². The van der Waals surface area contributed by atoms with Gasteiger partial charge in [0.1, 0.15) is 0 Å². The van der Waals surface area contributed by atoms with Crippen molar-refractivity contribution < 1.29 is 8.42 Å². The van der Waals surface area contributed by atoms with Crippen molar-refractivity contribution in [1.29, 1.82) is 5.26 Å². The first kappa shape index (κ1) is 16.7. The van der Waals surface area contributed by atoms with E-state index in [4.69, 9.17) is 5.26 Å². The van der Waals surface area contributed by atoms with E-state index in [0.29, 0.717) is 17.7 Å². The number of hydrazone groups is 1. The minimum absolute atomic E-state index is 0.160. The number of aryl methyl sites for hydroxylation is 1. The molecular weight excluding hydrogens is 310 g/mol. The normalized spacial score (nSPS) is 11.8. The Morgan fingerprint density at radius 2 is 1.91 bits per heavy atom. The highest BCUT2D eigenvalue weighted by atomic mass is 32.2. The first-order valence-corrected chi connectivity index (χ1v) is 8.60. The molecule has 0 unspecified atom stereocenters. The van der Waals surface area contributed by atoms with Gasteiger partial charge in [-0.05, 0) is 43.2 Å². The second kappa shape index (κ2) is 7.07. The Morgan fingerprint density at radius 1 is 1.22 bits per heavy atom. The fraction of sp³-hybridized carbons (Fsp3) is 0.176. The molecule has 6 heteroatoms. The predicted molar refractivity (Wildman–Crippen MR) is 89.5 cm³/mol. The number of nitrogens with one attached hydrogen (secondary N) is 1. The van der Waals surface area contributed by atoms with E-state index in [0.717, 1.165) is 11.1 Å². The van der Waals surface area contributed by atoms with Crippen molar-refractivity contribution in [3.63, 3.8) is 0 Å². The molecule has 1 N–H and O–H groups in total. The molecule has 0 spiro atoms. The number of nitrogens with zero attached hydrogens (tertiary/aromatic N) is 2. The summed E-state index contributed by atoms with van der Waals surface area (Å²) in [6, 6.07) is 15.5. The minimum Gasteiger partial charge on any atom is -0.200 e. The van der Waals surface area contributed by atoms with E-state index < -0.39 is 10.0 Å². The van der Waals surface area contributed by atoms with Crippen molar-refractivity contribution in [2.24, 2.45) is 5.10 Å². The van der Waals surface area contributed by atoms with Crippen LogP contribution < -0.4 is 4.83 Å². The van der Waals surface area contributed by atoms with Crippen LogP contribution in [0.5, 0.6) is 0 Å². The minimum atomic E-state index is -3.71. The number of nitriles is 1. The van der Waals surface area contributed by atoms with E-state index in [-0.39, 0.29) is 4.90 Å². The van der Waals surface area contributed by atoms with E-state index >= 15 is 0 Å². The van der Waals surface area contributed by atoms with Crippen LogP contribution in [0, 0.1) is 18.3 Å². The summed E-state index contributed by atoms with van der Waals surface area (Å²) < 4.78 is 24.5. The van der Waals surface area contributed by atoms with Gasteiger partial charge in [-0.3, -0.25) is 0 Å². The van der Waals surface area contributed by atoms with E-state index in [1.165, 1.54) is 12.1 Å². The van der Waals surface area contributed by atoms with Crippen LogP contribution in [0.4, 0.5) is 0 Å². The monoisotopic (exact) mass is 327 g/mol. The molecule has 0 aromatic heterocycles. The lowest BCUT2D eigenvalue weighted by Crippen LogP contribution is -2.20. The summed E-state index contributed by atoms with van der Waals surface area (Å²) >= 11 is 0. The first-order valence-electron chi connectivity index (χ1n) is 7.12. The molecule has 2 aromatic carbocycles. The highest BCUT2D eigenvalue weighted by Crippen LogP contribution is 2.11. The Labute approximate surface area is 136 Å². The Kier molecular flexibility index (Phi) is 5.14. The van der Waals surface area contributed by atoms with Gasteiger partial charge in [0.05, 0.1) is 22.2 Å². The lowest BCUT2D eigenvalue weighted by molar-refractivity contribution is 0.584. The van der Waals surface area contributed by atoms with Crippen LogP contribution in [0.3, 0.4) is 0 Å². The number of benzene rings is 2. The second-order valence-electron chi connectivity index (χ2n) is 5.01. The molecule has 0 atom stereocenters. The van der Waals surface area contributed by atoms with Gasteiger partial charge in [-0.1, -0.05) is 36.8 Å². The van der Waals surface area contributed by atoms with Gasteiger partial charge >= 0.3 is 0 Å². The molecule has 2 rings (SSSR count). The Balaban J connectivity index is 2.28. The molecule has 5 nitrogen and oxygen atoms in total. The fourth-order valence-corrected chi connectivity index (χ4v) is 2.83. The van der Waals surface area contributed by atoms with Crippen LogP contribution in [0.25, 0.3) is 0 Å². The van der Waals surface area contributed by atoms with E-state index in [2.05, 4.69) is 16.0 Å². The summed E-state index contributed by atoms with van der Waals surface area (Å²) in [5, 5.41) is 13.0. The van der Waals surface area contributed by atoms with Gasteiger partial charge in [0.25, 0.3) is 10.0 Å². The van der Waals surface area contributed by atoms with E-state index in [1.54, 1.807) is 36.4 Å². The third-order valence-electron chi connectivity index (χ3n) is 3.29.